The average Bonchev–Trinajstić information content (AvgIpc) is 0.985. The maximum Gasteiger partial charge on any atom is 0.472 e. The van der Waals surface area contributed by atoms with Crippen LogP contribution < -0.4 is 0 Å². The molecule has 0 aliphatic carbocycles. The van der Waals surface area contributed by atoms with E-state index in [0.29, 0.717) is 25.7 Å². The van der Waals surface area contributed by atoms with E-state index in [1.165, 1.54) is 244 Å². The van der Waals surface area contributed by atoms with Crippen molar-refractivity contribution in [3.63, 3.8) is 0 Å². The van der Waals surface area contributed by atoms with E-state index in [9.17, 15) is 43.2 Å². The third-order valence-electron chi connectivity index (χ3n) is 19.0. The molecule has 0 aliphatic rings. The number of aliphatic hydroxyl groups excluding tert-OH is 1. The Labute approximate surface area is 613 Å². The quantitative estimate of drug-likeness (QED) is 0.0222. The molecule has 594 valence electrons. The summed E-state index contributed by atoms with van der Waals surface area (Å²) < 4.78 is 68.7. The normalized spacial score (nSPS) is 13.9. The molecule has 100 heavy (non-hydrogen) atoms. The second kappa shape index (κ2) is 72.6. The van der Waals surface area contributed by atoms with E-state index in [0.717, 1.165) is 102 Å². The number of carbonyl (C=O) groups excluding carboxylic acids is 4. The largest absolute Gasteiger partial charge is 0.472 e. The maximum atomic E-state index is 13.1. The zero-order chi connectivity index (χ0) is 73.5. The molecule has 5 atom stereocenters. The van der Waals surface area contributed by atoms with Crippen LogP contribution in [-0.2, 0) is 65.4 Å². The lowest BCUT2D eigenvalue weighted by Gasteiger charge is -2.21. The molecule has 0 saturated heterocycles. The second-order valence-corrected chi connectivity index (χ2v) is 33.0. The molecule has 19 heteroatoms. The standard InChI is InChI=1S/C81H158O17P2/c1-7-9-11-13-15-17-18-19-29-35-41-47-53-59-65-80(85)97-76(69-91-78(83)63-57-51-45-37-16-14-12-10-8-2)71-95-99(87,88)93-67-75(82)68-94-100(89,90)96-72-77(70-92-79(84)64-58-52-46-40-34-30-26-22-24-28-33-39-44-50-56-62-74(5)6)98-81(86)66-60-54-48-42-36-31-25-21-20-23-27-32-38-43-49-55-61-73(3)4/h73-77,82H,7-72H2,1-6H3,(H,87,88)(H,89,90)/t75-,76+,77+/m0/s1. The highest BCUT2D eigenvalue weighted by molar-refractivity contribution is 7.47. The van der Waals surface area contributed by atoms with Crippen molar-refractivity contribution in [1.82, 2.24) is 0 Å². The number of aliphatic hydroxyl groups is 1. The number of phosphoric acid groups is 2. The number of rotatable bonds is 80. The van der Waals surface area contributed by atoms with Crippen molar-refractivity contribution >= 4 is 39.5 Å². The van der Waals surface area contributed by atoms with Crippen LogP contribution in [0.5, 0.6) is 0 Å². The van der Waals surface area contributed by atoms with Crippen LogP contribution in [0.2, 0.25) is 0 Å². The Bertz CT molecular complexity index is 1920. The fourth-order valence-electron chi connectivity index (χ4n) is 12.5. The molecule has 0 spiro atoms. The number of ether oxygens (including phenoxy) is 4. The van der Waals surface area contributed by atoms with Crippen molar-refractivity contribution < 1.29 is 80.2 Å². The summed E-state index contributed by atoms with van der Waals surface area (Å²) in [4.78, 5) is 73.0. The molecule has 0 rings (SSSR count). The monoisotopic (exact) mass is 1470 g/mol. The van der Waals surface area contributed by atoms with Crippen LogP contribution in [0.25, 0.3) is 0 Å². The highest BCUT2D eigenvalue weighted by Crippen LogP contribution is 2.45. The lowest BCUT2D eigenvalue weighted by molar-refractivity contribution is -0.161. The zero-order valence-electron chi connectivity index (χ0n) is 65.5. The van der Waals surface area contributed by atoms with E-state index in [1.807, 2.05) is 0 Å². The molecular formula is C81H158O17P2. The van der Waals surface area contributed by atoms with Crippen LogP contribution in [-0.4, -0.2) is 96.7 Å². The smallest absolute Gasteiger partial charge is 0.462 e. The van der Waals surface area contributed by atoms with Gasteiger partial charge in [-0.05, 0) is 37.5 Å². The maximum absolute atomic E-state index is 13.1. The van der Waals surface area contributed by atoms with Crippen LogP contribution in [0.1, 0.15) is 427 Å². The summed E-state index contributed by atoms with van der Waals surface area (Å²) in [6, 6.07) is 0. The SMILES string of the molecule is CCCCCCCCCCCCCCCCC(=O)O[C@H](COC(=O)CCCCCCCCCCC)COP(=O)(O)OC[C@H](O)COP(=O)(O)OC[C@@H](COC(=O)CCCCCCCCCCCCCCCCCC(C)C)OC(=O)CCCCCCCCCCCCCCCCCCC(C)C. The summed E-state index contributed by atoms with van der Waals surface area (Å²) >= 11 is 0. The minimum Gasteiger partial charge on any atom is -0.462 e. The molecule has 2 unspecified atom stereocenters. The van der Waals surface area contributed by atoms with E-state index >= 15 is 0 Å². The van der Waals surface area contributed by atoms with Crippen LogP contribution >= 0.6 is 15.6 Å². The Morgan fingerprint density at radius 1 is 0.270 bits per heavy atom. The Kier molecular flexibility index (Phi) is 71.2. The van der Waals surface area contributed by atoms with E-state index in [-0.39, 0.29) is 25.7 Å². The average molecular weight is 1470 g/mol. The zero-order valence-corrected chi connectivity index (χ0v) is 67.3. The van der Waals surface area contributed by atoms with Crippen LogP contribution in [0.3, 0.4) is 0 Å². The van der Waals surface area contributed by atoms with Gasteiger partial charge in [0, 0.05) is 25.7 Å². The molecular weight excluding hydrogens is 1310 g/mol. The summed E-state index contributed by atoms with van der Waals surface area (Å²) in [6.07, 6.45) is 62.4. The molecule has 0 fully saturated rings. The van der Waals surface area contributed by atoms with Gasteiger partial charge in [0.15, 0.2) is 12.2 Å². The van der Waals surface area contributed by atoms with Gasteiger partial charge in [-0.3, -0.25) is 37.3 Å². The van der Waals surface area contributed by atoms with Gasteiger partial charge in [0.1, 0.15) is 19.3 Å². The third-order valence-corrected chi connectivity index (χ3v) is 20.9. The molecule has 0 aliphatic heterocycles. The molecule has 0 bridgehead atoms. The van der Waals surface area contributed by atoms with Crippen molar-refractivity contribution in [2.45, 2.75) is 445 Å². The van der Waals surface area contributed by atoms with Gasteiger partial charge < -0.3 is 33.8 Å². The fourth-order valence-corrected chi connectivity index (χ4v) is 14.1. The summed E-state index contributed by atoms with van der Waals surface area (Å²) in [7, 11) is -9.92. The minimum absolute atomic E-state index is 0.108. The topological polar surface area (TPSA) is 237 Å². The Morgan fingerprint density at radius 2 is 0.460 bits per heavy atom. The van der Waals surface area contributed by atoms with Gasteiger partial charge in [0.2, 0.25) is 0 Å². The van der Waals surface area contributed by atoms with Crippen LogP contribution in [0.4, 0.5) is 0 Å². The summed E-state index contributed by atoms with van der Waals surface area (Å²) in [5, 5.41) is 10.6. The van der Waals surface area contributed by atoms with Gasteiger partial charge in [-0.15, -0.1) is 0 Å². The molecule has 0 radical (unpaired) electrons. The number of hydrogen-bond acceptors (Lipinski definition) is 15. The van der Waals surface area contributed by atoms with E-state index in [4.69, 9.17) is 37.0 Å². The van der Waals surface area contributed by atoms with Crippen molar-refractivity contribution in [3.8, 4) is 0 Å². The molecule has 17 nitrogen and oxygen atoms in total. The highest BCUT2D eigenvalue weighted by Gasteiger charge is 2.30. The Morgan fingerprint density at radius 3 is 0.680 bits per heavy atom. The first-order valence-electron chi connectivity index (χ1n) is 42.0. The lowest BCUT2D eigenvalue weighted by atomic mass is 10.0. The second-order valence-electron chi connectivity index (χ2n) is 30.1. The fraction of sp³-hybridized carbons (Fsp3) is 0.951. The van der Waals surface area contributed by atoms with E-state index in [1.54, 1.807) is 0 Å². The van der Waals surface area contributed by atoms with Gasteiger partial charge >= 0.3 is 39.5 Å². The minimum atomic E-state index is -4.96. The molecule has 0 aromatic rings. The lowest BCUT2D eigenvalue weighted by Crippen LogP contribution is -2.30. The number of hydrogen-bond donors (Lipinski definition) is 3. The summed E-state index contributed by atoms with van der Waals surface area (Å²) in [5.74, 6) is -0.492. The first kappa shape index (κ1) is 98.1. The predicted molar refractivity (Wildman–Crippen MR) is 409 cm³/mol. The van der Waals surface area contributed by atoms with Crippen molar-refractivity contribution in [3.05, 3.63) is 0 Å². The first-order chi connectivity index (χ1) is 48.4. The first-order valence-corrected chi connectivity index (χ1v) is 45.0. The summed E-state index contributed by atoms with van der Waals surface area (Å²) in [5.41, 5.74) is 0. The van der Waals surface area contributed by atoms with Gasteiger partial charge in [0.05, 0.1) is 26.4 Å². The molecule has 0 aromatic heterocycles. The number of esters is 4. The highest BCUT2D eigenvalue weighted by atomic mass is 31.2. The van der Waals surface area contributed by atoms with Crippen molar-refractivity contribution in [1.29, 1.82) is 0 Å². The van der Waals surface area contributed by atoms with Crippen molar-refractivity contribution in [2.24, 2.45) is 11.8 Å². The van der Waals surface area contributed by atoms with Gasteiger partial charge in [-0.2, -0.15) is 0 Å². The van der Waals surface area contributed by atoms with Crippen molar-refractivity contribution in [2.75, 3.05) is 39.6 Å². The molecule has 0 heterocycles. The van der Waals surface area contributed by atoms with E-state index < -0.39 is 97.5 Å². The molecule has 0 amide bonds. The Balaban J connectivity index is 5.22. The molecule has 0 saturated carbocycles. The van der Waals surface area contributed by atoms with Gasteiger partial charge in [-0.25, -0.2) is 9.13 Å². The predicted octanol–water partition coefficient (Wildman–Crippen LogP) is 24.3. The number of phosphoric ester groups is 2. The van der Waals surface area contributed by atoms with Gasteiger partial charge in [0.25, 0.3) is 0 Å². The van der Waals surface area contributed by atoms with Gasteiger partial charge in [-0.1, -0.05) is 375 Å². The third kappa shape index (κ3) is 74.3. The molecule has 0 aromatic carbocycles. The summed E-state index contributed by atoms with van der Waals surface area (Å²) in [6.45, 7) is 9.68. The molecule has 3 N–H and O–H groups in total. The number of unbranched alkanes of at least 4 members (excludes halogenated alkanes) is 50. The Hall–Kier alpha value is -1.94. The van der Waals surface area contributed by atoms with Crippen LogP contribution in [0.15, 0.2) is 0 Å². The number of carbonyl (C=O) groups is 4. The van der Waals surface area contributed by atoms with E-state index in [2.05, 4.69) is 41.5 Å². The van der Waals surface area contributed by atoms with Crippen LogP contribution in [0, 0.1) is 11.8 Å².